The fourth-order valence-electron chi connectivity index (χ4n) is 3.28. The van der Waals surface area contributed by atoms with Crippen LogP contribution in [0.3, 0.4) is 0 Å². The lowest BCUT2D eigenvalue weighted by Crippen LogP contribution is -2.47. The molecule has 0 spiro atoms. The quantitative estimate of drug-likeness (QED) is 0.514. The van der Waals surface area contributed by atoms with E-state index in [9.17, 15) is 4.39 Å². The fourth-order valence-corrected chi connectivity index (χ4v) is 3.28. The highest BCUT2D eigenvalue weighted by atomic mass is 19.1. The van der Waals surface area contributed by atoms with E-state index in [0.717, 1.165) is 49.0 Å². The summed E-state index contributed by atoms with van der Waals surface area (Å²) in [6, 6.07) is 8.53. The zero-order chi connectivity index (χ0) is 19.3. The molecule has 1 aromatic carbocycles. The minimum atomic E-state index is -0.253. The molecule has 0 aliphatic carbocycles. The summed E-state index contributed by atoms with van der Waals surface area (Å²) in [5, 5.41) is 15.6. The smallest absolute Gasteiger partial charge is 0.191 e. The highest BCUT2D eigenvalue weighted by Crippen LogP contribution is 2.11. The maximum atomic E-state index is 13.0. The van der Waals surface area contributed by atoms with Gasteiger partial charge in [0.2, 0.25) is 0 Å². The molecule has 0 bridgehead atoms. The largest absolute Gasteiger partial charge is 0.356 e. The van der Waals surface area contributed by atoms with Crippen LogP contribution in [0, 0.1) is 5.82 Å². The number of benzene rings is 1. The molecule has 9 heteroatoms. The predicted octanol–water partition coefficient (Wildman–Crippen LogP) is 1.33. The van der Waals surface area contributed by atoms with E-state index >= 15 is 0 Å². The monoisotopic (exact) mass is 382 g/mol. The van der Waals surface area contributed by atoms with Gasteiger partial charge in [-0.3, -0.25) is 4.99 Å². The van der Waals surface area contributed by atoms with Gasteiger partial charge in [0.15, 0.2) is 5.96 Å². The molecule has 1 unspecified atom stereocenters. The SMILES string of the molecule is CN=C(NCCc1ccn(-c2ccc(F)cc2)n1)NC1CCc2ncnn2C1. The number of aromatic nitrogens is 5. The van der Waals surface area contributed by atoms with Crippen molar-refractivity contribution in [1.29, 1.82) is 0 Å². The molecule has 2 aromatic heterocycles. The number of rotatable bonds is 5. The normalized spacial score (nSPS) is 16.6. The first kappa shape index (κ1) is 18.1. The third kappa shape index (κ3) is 4.19. The lowest BCUT2D eigenvalue weighted by atomic mass is 10.1. The molecular formula is C19H23FN8. The van der Waals surface area contributed by atoms with E-state index in [1.807, 2.05) is 16.9 Å². The van der Waals surface area contributed by atoms with Crippen LogP contribution in [-0.4, -0.2) is 50.1 Å². The fraction of sp³-hybridized carbons (Fsp3) is 0.368. The molecule has 3 aromatic rings. The van der Waals surface area contributed by atoms with E-state index in [0.29, 0.717) is 6.54 Å². The molecule has 0 radical (unpaired) electrons. The first-order valence-corrected chi connectivity index (χ1v) is 9.35. The van der Waals surface area contributed by atoms with Crippen molar-refractivity contribution in [3.63, 3.8) is 0 Å². The van der Waals surface area contributed by atoms with E-state index < -0.39 is 0 Å². The second-order valence-corrected chi connectivity index (χ2v) is 6.72. The molecule has 0 saturated heterocycles. The maximum absolute atomic E-state index is 13.0. The summed E-state index contributed by atoms with van der Waals surface area (Å²) in [5.41, 5.74) is 1.79. The highest BCUT2D eigenvalue weighted by molar-refractivity contribution is 5.79. The van der Waals surface area contributed by atoms with E-state index in [-0.39, 0.29) is 11.9 Å². The van der Waals surface area contributed by atoms with Gasteiger partial charge in [-0.05, 0) is 36.8 Å². The van der Waals surface area contributed by atoms with Crippen molar-refractivity contribution in [1.82, 2.24) is 35.2 Å². The molecule has 146 valence electrons. The minimum Gasteiger partial charge on any atom is -0.356 e. The Morgan fingerprint density at radius 1 is 1.29 bits per heavy atom. The van der Waals surface area contributed by atoms with Crippen LogP contribution in [0.2, 0.25) is 0 Å². The van der Waals surface area contributed by atoms with E-state index in [4.69, 9.17) is 0 Å². The molecular weight excluding hydrogens is 359 g/mol. The number of hydrogen-bond donors (Lipinski definition) is 2. The molecule has 2 N–H and O–H groups in total. The molecule has 3 heterocycles. The molecule has 1 aliphatic rings. The molecule has 0 amide bonds. The summed E-state index contributed by atoms with van der Waals surface area (Å²) < 4.78 is 16.7. The van der Waals surface area contributed by atoms with Crippen molar-refractivity contribution in [2.45, 2.75) is 31.8 Å². The van der Waals surface area contributed by atoms with Crippen molar-refractivity contribution in [3.05, 3.63) is 60.2 Å². The van der Waals surface area contributed by atoms with Crippen molar-refractivity contribution in [2.24, 2.45) is 4.99 Å². The second-order valence-electron chi connectivity index (χ2n) is 6.72. The molecule has 0 saturated carbocycles. The second kappa shape index (κ2) is 8.20. The lowest BCUT2D eigenvalue weighted by molar-refractivity contribution is 0.393. The van der Waals surface area contributed by atoms with Crippen molar-refractivity contribution in [3.8, 4) is 5.69 Å². The van der Waals surface area contributed by atoms with Gasteiger partial charge in [0.1, 0.15) is 18.0 Å². The van der Waals surface area contributed by atoms with Crippen LogP contribution in [0.15, 0.2) is 47.8 Å². The number of nitrogens with one attached hydrogen (secondary N) is 2. The van der Waals surface area contributed by atoms with Crippen LogP contribution in [0.4, 0.5) is 4.39 Å². The van der Waals surface area contributed by atoms with Gasteiger partial charge in [-0.1, -0.05) is 0 Å². The Balaban J connectivity index is 1.27. The summed E-state index contributed by atoms with van der Waals surface area (Å²) in [7, 11) is 1.77. The Morgan fingerprint density at radius 2 is 2.14 bits per heavy atom. The maximum Gasteiger partial charge on any atom is 0.191 e. The predicted molar refractivity (Wildman–Crippen MR) is 104 cm³/mol. The van der Waals surface area contributed by atoms with Crippen LogP contribution in [0.5, 0.6) is 0 Å². The van der Waals surface area contributed by atoms with Crippen LogP contribution in [-0.2, 0) is 19.4 Å². The van der Waals surface area contributed by atoms with Crippen LogP contribution in [0.1, 0.15) is 17.9 Å². The number of hydrogen-bond acceptors (Lipinski definition) is 4. The Kier molecular flexibility index (Phi) is 5.31. The van der Waals surface area contributed by atoms with Crippen molar-refractivity contribution >= 4 is 5.96 Å². The Bertz CT molecular complexity index is 943. The van der Waals surface area contributed by atoms with E-state index in [2.05, 4.69) is 30.8 Å². The van der Waals surface area contributed by atoms with Gasteiger partial charge in [0.05, 0.1) is 17.9 Å². The van der Waals surface area contributed by atoms with E-state index in [1.54, 1.807) is 30.2 Å². The number of fused-ring (bicyclic) bond motifs is 1. The number of aryl methyl sites for hydroxylation is 1. The first-order valence-electron chi connectivity index (χ1n) is 9.35. The molecule has 0 fully saturated rings. The summed E-state index contributed by atoms with van der Waals surface area (Å²) >= 11 is 0. The van der Waals surface area contributed by atoms with Gasteiger partial charge in [-0.25, -0.2) is 18.7 Å². The van der Waals surface area contributed by atoms with Crippen LogP contribution >= 0.6 is 0 Å². The molecule has 28 heavy (non-hydrogen) atoms. The summed E-state index contributed by atoms with van der Waals surface area (Å²) in [6.45, 7) is 1.50. The van der Waals surface area contributed by atoms with Crippen molar-refractivity contribution < 1.29 is 4.39 Å². The number of aliphatic imine (C=N–C) groups is 1. The highest BCUT2D eigenvalue weighted by Gasteiger charge is 2.20. The van der Waals surface area contributed by atoms with Crippen LogP contribution < -0.4 is 10.6 Å². The average molecular weight is 382 g/mol. The van der Waals surface area contributed by atoms with Gasteiger partial charge < -0.3 is 10.6 Å². The zero-order valence-corrected chi connectivity index (χ0v) is 15.7. The zero-order valence-electron chi connectivity index (χ0n) is 15.7. The van der Waals surface area contributed by atoms with Crippen molar-refractivity contribution in [2.75, 3.05) is 13.6 Å². The van der Waals surface area contributed by atoms with Gasteiger partial charge >= 0.3 is 0 Å². The standard InChI is InChI=1S/C19H23FN8/c1-21-19(25-16-4-7-18-23-13-24-28(18)12-16)22-10-8-15-9-11-27(26-15)17-5-2-14(20)3-6-17/h2-3,5-6,9,11,13,16H,4,7-8,10,12H2,1H3,(H2,21,22,25). The molecule has 8 nitrogen and oxygen atoms in total. The Hall–Kier alpha value is -3.23. The Morgan fingerprint density at radius 3 is 2.96 bits per heavy atom. The topological polar surface area (TPSA) is 84.9 Å². The number of halogens is 1. The van der Waals surface area contributed by atoms with Gasteiger partial charge in [-0.2, -0.15) is 10.2 Å². The van der Waals surface area contributed by atoms with Gasteiger partial charge in [-0.15, -0.1) is 0 Å². The third-order valence-corrected chi connectivity index (χ3v) is 4.78. The summed E-state index contributed by atoms with van der Waals surface area (Å²) in [5.74, 6) is 1.56. The first-order chi connectivity index (χ1) is 13.7. The summed E-state index contributed by atoms with van der Waals surface area (Å²) in [6.07, 6.45) is 6.16. The molecule has 1 aliphatic heterocycles. The Labute approximate surface area is 162 Å². The number of guanidine groups is 1. The molecule has 4 rings (SSSR count). The van der Waals surface area contributed by atoms with Gasteiger partial charge in [0.25, 0.3) is 0 Å². The van der Waals surface area contributed by atoms with Gasteiger partial charge in [0, 0.05) is 38.7 Å². The molecule has 1 atom stereocenters. The summed E-state index contributed by atoms with van der Waals surface area (Å²) in [4.78, 5) is 8.56. The number of nitrogens with zero attached hydrogens (tertiary/aromatic N) is 6. The third-order valence-electron chi connectivity index (χ3n) is 4.78. The van der Waals surface area contributed by atoms with Crippen LogP contribution in [0.25, 0.3) is 5.69 Å². The lowest BCUT2D eigenvalue weighted by Gasteiger charge is -2.25. The minimum absolute atomic E-state index is 0.253. The average Bonchev–Trinajstić information content (AvgIpc) is 3.37. The van der Waals surface area contributed by atoms with E-state index in [1.165, 1.54) is 12.1 Å².